The number of ether oxygens (including phenoxy) is 1. The lowest BCUT2D eigenvalue weighted by molar-refractivity contribution is -0.144. The van der Waals surface area contributed by atoms with Crippen LogP contribution in [-0.4, -0.2) is 25.0 Å². The molecular weight excluding hydrogens is 340 g/mol. The van der Waals surface area contributed by atoms with Gasteiger partial charge in [0.2, 0.25) is 5.91 Å². The number of nitrogens with one attached hydrogen (secondary N) is 1. The Hall–Kier alpha value is -3.02. The molecule has 0 aliphatic rings. The lowest BCUT2D eigenvalue weighted by atomic mass is 10.1. The van der Waals surface area contributed by atoms with Crippen molar-refractivity contribution in [2.24, 2.45) is 0 Å². The molecule has 6 heteroatoms. The molecule has 26 heavy (non-hydrogen) atoms. The summed E-state index contributed by atoms with van der Waals surface area (Å²) in [6, 6.07) is 11.9. The average Bonchev–Trinajstić information content (AvgIpc) is 2.64. The quantitative estimate of drug-likeness (QED) is 0.772. The van der Waals surface area contributed by atoms with E-state index in [2.05, 4.69) is 10.1 Å². The van der Waals surface area contributed by atoms with E-state index in [-0.39, 0.29) is 12.0 Å². The summed E-state index contributed by atoms with van der Waals surface area (Å²) in [5.74, 6) is -2.92. The SMILES string of the molecule is COC(=O)[C@H](C/C=C/c1ccccc1)NC(=O)Cc1c(F)cccc1F. The van der Waals surface area contributed by atoms with Crippen molar-refractivity contribution in [2.75, 3.05) is 7.11 Å². The molecule has 0 heterocycles. The number of halogens is 2. The third-order valence-corrected chi connectivity index (χ3v) is 3.70. The summed E-state index contributed by atoms with van der Waals surface area (Å²) in [6.07, 6.45) is 3.21. The average molecular weight is 359 g/mol. The summed E-state index contributed by atoms with van der Waals surface area (Å²) in [7, 11) is 1.21. The van der Waals surface area contributed by atoms with Crippen LogP contribution in [-0.2, 0) is 20.7 Å². The monoisotopic (exact) mass is 359 g/mol. The number of esters is 1. The molecule has 0 spiro atoms. The molecule has 0 saturated carbocycles. The Morgan fingerprint density at radius 2 is 1.73 bits per heavy atom. The predicted octanol–water partition coefficient (Wildman–Crippen LogP) is 3.27. The molecule has 1 N–H and O–H groups in total. The van der Waals surface area contributed by atoms with E-state index in [9.17, 15) is 18.4 Å². The van der Waals surface area contributed by atoms with Crippen molar-refractivity contribution in [1.82, 2.24) is 5.32 Å². The largest absolute Gasteiger partial charge is 0.467 e. The highest BCUT2D eigenvalue weighted by Gasteiger charge is 2.21. The van der Waals surface area contributed by atoms with Crippen molar-refractivity contribution < 1.29 is 23.1 Å². The van der Waals surface area contributed by atoms with Gasteiger partial charge in [-0.2, -0.15) is 0 Å². The summed E-state index contributed by atoms with van der Waals surface area (Å²) in [6.45, 7) is 0. The molecule has 0 aliphatic heterocycles. The zero-order chi connectivity index (χ0) is 18.9. The number of carbonyl (C=O) groups excluding carboxylic acids is 2. The van der Waals surface area contributed by atoms with Gasteiger partial charge in [-0.1, -0.05) is 48.6 Å². The molecule has 136 valence electrons. The molecule has 2 rings (SSSR count). The number of rotatable bonds is 7. The summed E-state index contributed by atoms with van der Waals surface area (Å²) in [5, 5.41) is 2.46. The van der Waals surface area contributed by atoms with Gasteiger partial charge in [0, 0.05) is 5.56 Å². The number of benzene rings is 2. The summed E-state index contributed by atoms with van der Waals surface area (Å²) >= 11 is 0. The van der Waals surface area contributed by atoms with E-state index < -0.39 is 36.0 Å². The zero-order valence-electron chi connectivity index (χ0n) is 14.2. The Labute approximate surface area is 150 Å². The molecule has 4 nitrogen and oxygen atoms in total. The number of hydrogen-bond donors (Lipinski definition) is 1. The highest BCUT2D eigenvalue weighted by atomic mass is 19.1. The Kier molecular flexibility index (Phi) is 7.02. The van der Waals surface area contributed by atoms with Gasteiger partial charge in [-0.15, -0.1) is 0 Å². The van der Waals surface area contributed by atoms with Gasteiger partial charge >= 0.3 is 5.97 Å². The Balaban J connectivity index is 2.02. The van der Waals surface area contributed by atoms with Crippen molar-refractivity contribution in [1.29, 1.82) is 0 Å². The van der Waals surface area contributed by atoms with E-state index in [0.29, 0.717) is 0 Å². The standard InChI is InChI=1S/C20H19F2NO3/c1-26-20(25)18(12-5-9-14-7-3-2-4-8-14)23-19(24)13-15-16(21)10-6-11-17(15)22/h2-11,18H,12-13H2,1H3,(H,23,24)/b9-5+/t18-/m0/s1. The van der Waals surface area contributed by atoms with Crippen molar-refractivity contribution >= 4 is 18.0 Å². The third kappa shape index (κ3) is 5.51. The summed E-state index contributed by atoms with van der Waals surface area (Å²) < 4.78 is 32.0. The van der Waals surface area contributed by atoms with E-state index in [1.807, 2.05) is 30.3 Å². The second-order valence-corrected chi connectivity index (χ2v) is 5.57. The molecule has 0 fully saturated rings. The molecule has 0 unspecified atom stereocenters. The van der Waals surface area contributed by atoms with E-state index in [1.54, 1.807) is 12.2 Å². The fraction of sp³-hybridized carbons (Fsp3) is 0.200. The van der Waals surface area contributed by atoms with Crippen molar-refractivity contribution in [3.8, 4) is 0 Å². The number of amides is 1. The predicted molar refractivity (Wildman–Crippen MR) is 94.1 cm³/mol. The van der Waals surface area contributed by atoms with Crippen LogP contribution in [0.4, 0.5) is 8.78 Å². The van der Waals surface area contributed by atoms with E-state index in [0.717, 1.165) is 17.7 Å². The van der Waals surface area contributed by atoms with E-state index in [1.165, 1.54) is 13.2 Å². The lowest BCUT2D eigenvalue weighted by Gasteiger charge is -2.15. The van der Waals surface area contributed by atoms with Gasteiger partial charge in [0.1, 0.15) is 17.7 Å². The Morgan fingerprint density at radius 3 is 2.35 bits per heavy atom. The van der Waals surface area contributed by atoms with Gasteiger partial charge in [0.05, 0.1) is 13.5 Å². The van der Waals surface area contributed by atoms with Crippen LogP contribution >= 0.6 is 0 Å². The fourth-order valence-corrected chi connectivity index (χ4v) is 2.37. The molecule has 2 aromatic carbocycles. The number of methoxy groups -OCH3 is 1. The molecule has 2 aromatic rings. The second kappa shape index (κ2) is 9.46. The summed E-state index contributed by atoms with van der Waals surface area (Å²) in [5.41, 5.74) is 0.601. The molecule has 1 atom stereocenters. The zero-order valence-corrected chi connectivity index (χ0v) is 14.2. The first kappa shape index (κ1) is 19.3. The van der Waals surface area contributed by atoms with Gasteiger partial charge in [-0.3, -0.25) is 4.79 Å². The normalized spacial score (nSPS) is 12.0. The molecule has 0 radical (unpaired) electrons. The van der Waals surface area contributed by atoms with Crippen molar-refractivity contribution in [3.05, 3.63) is 77.4 Å². The third-order valence-electron chi connectivity index (χ3n) is 3.70. The minimum Gasteiger partial charge on any atom is -0.467 e. The first-order chi connectivity index (χ1) is 12.5. The molecule has 0 saturated heterocycles. The van der Waals surface area contributed by atoms with Gasteiger partial charge < -0.3 is 10.1 Å². The Morgan fingerprint density at radius 1 is 1.08 bits per heavy atom. The molecule has 0 aromatic heterocycles. The van der Waals surface area contributed by atoms with Crippen molar-refractivity contribution in [3.63, 3.8) is 0 Å². The Bertz CT molecular complexity index is 771. The van der Waals surface area contributed by atoms with Crippen LogP contribution in [0.25, 0.3) is 6.08 Å². The first-order valence-corrected chi connectivity index (χ1v) is 8.03. The van der Waals surface area contributed by atoms with Crippen LogP contribution in [0.5, 0.6) is 0 Å². The van der Waals surface area contributed by atoms with E-state index >= 15 is 0 Å². The molecule has 1 amide bonds. The van der Waals surface area contributed by atoms with Gasteiger partial charge in [-0.25, -0.2) is 13.6 Å². The minimum absolute atomic E-state index is 0.188. The topological polar surface area (TPSA) is 55.4 Å². The van der Waals surface area contributed by atoms with Crippen LogP contribution in [0.1, 0.15) is 17.5 Å². The minimum atomic E-state index is -0.942. The maximum atomic E-state index is 13.6. The van der Waals surface area contributed by atoms with Crippen LogP contribution < -0.4 is 5.32 Å². The van der Waals surface area contributed by atoms with Gasteiger partial charge in [0.15, 0.2) is 0 Å². The number of carbonyl (C=O) groups is 2. The highest BCUT2D eigenvalue weighted by Crippen LogP contribution is 2.13. The summed E-state index contributed by atoms with van der Waals surface area (Å²) in [4.78, 5) is 24.0. The number of hydrogen-bond acceptors (Lipinski definition) is 3. The smallest absolute Gasteiger partial charge is 0.328 e. The second-order valence-electron chi connectivity index (χ2n) is 5.57. The van der Waals surface area contributed by atoms with Gasteiger partial charge in [0.25, 0.3) is 0 Å². The van der Waals surface area contributed by atoms with Crippen LogP contribution in [0.15, 0.2) is 54.6 Å². The van der Waals surface area contributed by atoms with Gasteiger partial charge in [-0.05, 0) is 24.1 Å². The maximum Gasteiger partial charge on any atom is 0.328 e. The van der Waals surface area contributed by atoms with Crippen LogP contribution in [0, 0.1) is 11.6 Å². The maximum absolute atomic E-state index is 13.6. The molecule has 0 bridgehead atoms. The molecular formula is C20H19F2NO3. The molecule has 0 aliphatic carbocycles. The highest BCUT2D eigenvalue weighted by molar-refractivity contribution is 5.85. The fourth-order valence-electron chi connectivity index (χ4n) is 2.37. The van der Waals surface area contributed by atoms with Crippen LogP contribution in [0.2, 0.25) is 0 Å². The van der Waals surface area contributed by atoms with E-state index in [4.69, 9.17) is 0 Å². The lowest BCUT2D eigenvalue weighted by Crippen LogP contribution is -2.42. The van der Waals surface area contributed by atoms with Crippen LogP contribution in [0.3, 0.4) is 0 Å². The first-order valence-electron chi connectivity index (χ1n) is 8.03. The van der Waals surface area contributed by atoms with Crippen molar-refractivity contribution in [2.45, 2.75) is 18.9 Å².